The quantitative estimate of drug-likeness (QED) is 0.530. The minimum atomic E-state index is -0.349. The zero-order chi connectivity index (χ0) is 16.5. The summed E-state index contributed by atoms with van der Waals surface area (Å²) in [6.45, 7) is 2.10. The number of ether oxygens (including phenoxy) is 1. The van der Waals surface area contributed by atoms with Gasteiger partial charge in [0.05, 0.1) is 23.9 Å². The number of hydrogen-bond acceptors (Lipinski definition) is 6. The summed E-state index contributed by atoms with van der Waals surface area (Å²) in [5.41, 5.74) is 2.21. The molecule has 3 aromatic heterocycles. The highest BCUT2D eigenvalue weighted by Crippen LogP contribution is 2.19. The molecule has 0 saturated carbocycles. The van der Waals surface area contributed by atoms with Crippen LogP contribution in [0.5, 0.6) is 0 Å². The van der Waals surface area contributed by atoms with Gasteiger partial charge in [-0.3, -0.25) is 4.79 Å². The predicted octanol–water partition coefficient (Wildman–Crippen LogP) is 1.57. The molecule has 8 nitrogen and oxygen atoms in total. The number of carbonyl (C=O) groups excluding carboxylic acids is 1. The van der Waals surface area contributed by atoms with Gasteiger partial charge >= 0.3 is 5.97 Å². The Kier molecular flexibility index (Phi) is 3.42. The second kappa shape index (κ2) is 5.73. The lowest BCUT2D eigenvalue weighted by Crippen LogP contribution is -2.08. The second-order valence-corrected chi connectivity index (χ2v) is 5.15. The van der Waals surface area contributed by atoms with E-state index in [-0.39, 0.29) is 12.4 Å². The van der Waals surface area contributed by atoms with Gasteiger partial charge in [0.2, 0.25) is 0 Å². The van der Waals surface area contributed by atoms with Crippen molar-refractivity contribution in [1.29, 1.82) is 0 Å². The Bertz CT molecular complexity index is 1020. The van der Waals surface area contributed by atoms with Crippen molar-refractivity contribution in [3.05, 3.63) is 48.7 Å². The van der Waals surface area contributed by atoms with E-state index in [1.165, 1.54) is 0 Å². The molecule has 0 radical (unpaired) electrons. The molecule has 0 spiro atoms. The molecule has 24 heavy (non-hydrogen) atoms. The average molecular weight is 322 g/mol. The van der Waals surface area contributed by atoms with Crippen molar-refractivity contribution in [1.82, 2.24) is 29.4 Å². The van der Waals surface area contributed by atoms with Crippen LogP contribution in [0.25, 0.3) is 22.4 Å². The molecule has 120 valence electrons. The van der Waals surface area contributed by atoms with Gasteiger partial charge in [-0.15, -0.1) is 5.10 Å². The number of para-hydroxylation sites is 1. The van der Waals surface area contributed by atoms with E-state index in [0.29, 0.717) is 23.7 Å². The van der Waals surface area contributed by atoms with Crippen molar-refractivity contribution in [2.75, 3.05) is 6.61 Å². The lowest BCUT2D eigenvalue weighted by molar-refractivity contribution is -0.142. The fourth-order valence-corrected chi connectivity index (χ4v) is 2.54. The molecule has 0 aliphatic heterocycles. The van der Waals surface area contributed by atoms with Crippen molar-refractivity contribution in [3.8, 4) is 5.69 Å². The largest absolute Gasteiger partial charge is 0.466 e. The average Bonchev–Trinajstić information content (AvgIpc) is 3.18. The molecule has 0 saturated heterocycles. The maximum Gasteiger partial charge on any atom is 0.313 e. The van der Waals surface area contributed by atoms with Crippen LogP contribution in [0.2, 0.25) is 0 Å². The number of rotatable bonds is 4. The van der Waals surface area contributed by atoms with E-state index in [1.807, 2.05) is 30.3 Å². The summed E-state index contributed by atoms with van der Waals surface area (Å²) in [6.07, 6.45) is 3.30. The molecule has 0 atom stereocenters. The standard InChI is InChI=1S/C16H14N6O2/c1-2-24-14(23)8-13-19-16-12-9-18-22(11-6-4-3-5-7-11)15(12)17-10-21(16)20-13/h3-7,9-10H,2,8H2,1H3. The van der Waals surface area contributed by atoms with Gasteiger partial charge in [0, 0.05) is 0 Å². The summed E-state index contributed by atoms with van der Waals surface area (Å²) in [6, 6.07) is 9.73. The Morgan fingerprint density at radius 3 is 2.83 bits per heavy atom. The lowest BCUT2D eigenvalue weighted by Gasteiger charge is -2.01. The van der Waals surface area contributed by atoms with Crippen LogP contribution in [0.3, 0.4) is 0 Å². The Morgan fingerprint density at radius 1 is 1.21 bits per heavy atom. The van der Waals surface area contributed by atoms with Crippen LogP contribution in [-0.2, 0) is 16.0 Å². The fraction of sp³-hybridized carbons (Fsp3) is 0.188. The predicted molar refractivity (Wildman–Crippen MR) is 85.7 cm³/mol. The van der Waals surface area contributed by atoms with E-state index in [2.05, 4.69) is 20.2 Å². The van der Waals surface area contributed by atoms with Crippen molar-refractivity contribution >= 4 is 22.6 Å². The third-order valence-electron chi connectivity index (χ3n) is 3.56. The lowest BCUT2D eigenvalue weighted by atomic mass is 10.3. The maximum absolute atomic E-state index is 11.6. The molecular formula is C16H14N6O2. The molecule has 0 aliphatic rings. The van der Waals surface area contributed by atoms with Gasteiger partial charge in [0.25, 0.3) is 0 Å². The molecule has 4 aromatic rings. The molecule has 0 unspecified atom stereocenters. The Balaban J connectivity index is 1.79. The first-order valence-electron chi connectivity index (χ1n) is 7.55. The highest BCUT2D eigenvalue weighted by Gasteiger charge is 2.15. The second-order valence-electron chi connectivity index (χ2n) is 5.15. The van der Waals surface area contributed by atoms with Crippen LogP contribution in [0.1, 0.15) is 12.7 Å². The summed E-state index contributed by atoms with van der Waals surface area (Å²) < 4.78 is 8.23. The van der Waals surface area contributed by atoms with E-state index in [0.717, 1.165) is 11.1 Å². The third kappa shape index (κ3) is 2.37. The molecule has 0 bridgehead atoms. The van der Waals surface area contributed by atoms with Crippen molar-refractivity contribution < 1.29 is 9.53 Å². The summed E-state index contributed by atoms with van der Waals surface area (Å²) in [4.78, 5) is 20.4. The van der Waals surface area contributed by atoms with Crippen LogP contribution in [-0.4, -0.2) is 41.9 Å². The van der Waals surface area contributed by atoms with Crippen molar-refractivity contribution in [2.24, 2.45) is 0 Å². The molecule has 0 aliphatic carbocycles. The number of hydrogen-bond donors (Lipinski definition) is 0. The highest BCUT2D eigenvalue weighted by atomic mass is 16.5. The molecule has 3 heterocycles. The number of carbonyl (C=O) groups is 1. The molecule has 8 heteroatoms. The molecule has 0 N–H and O–H groups in total. The number of fused-ring (bicyclic) bond motifs is 3. The summed E-state index contributed by atoms with van der Waals surface area (Å²) in [5, 5.41) is 9.44. The van der Waals surface area contributed by atoms with E-state index in [9.17, 15) is 4.79 Å². The normalized spacial score (nSPS) is 11.2. The Morgan fingerprint density at radius 2 is 2.04 bits per heavy atom. The van der Waals surface area contributed by atoms with Gasteiger partial charge in [0.1, 0.15) is 12.7 Å². The molecule has 1 aromatic carbocycles. The van der Waals surface area contributed by atoms with E-state index >= 15 is 0 Å². The van der Waals surface area contributed by atoms with E-state index < -0.39 is 0 Å². The van der Waals surface area contributed by atoms with E-state index in [4.69, 9.17) is 4.74 Å². The van der Waals surface area contributed by atoms with Gasteiger partial charge in [-0.2, -0.15) is 5.10 Å². The summed E-state index contributed by atoms with van der Waals surface area (Å²) in [7, 11) is 0. The van der Waals surface area contributed by atoms with Gasteiger partial charge in [0.15, 0.2) is 17.1 Å². The molecule has 0 fully saturated rings. The SMILES string of the molecule is CCOC(=O)Cc1nc2c3cnn(-c4ccccc4)c3ncn2n1. The minimum Gasteiger partial charge on any atom is -0.466 e. The summed E-state index contributed by atoms with van der Waals surface area (Å²) >= 11 is 0. The molecule has 4 rings (SSSR count). The molecule has 0 amide bonds. The zero-order valence-electron chi connectivity index (χ0n) is 13.0. The highest BCUT2D eigenvalue weighted by molar-refractivity contribution is 5.89. The first-order chi connectivity index (χ1) is 11.8. The van der Waals surface area contributed by atoms with Gasteiger partial charge in [-0.1, -0.05) is 18.2 Å². The third-order valence-corrected chi connectivity index (χ3v) is 3.56. The van der Waals surface area contributed by atoms with Gasteiger partial charge < -0.3 is 4.74 Å². The fourth-order valence-electron chi connectivity index (χ4n) is 2.54. The number of benzene rings is 1. The van der Waals surface area contributed by atoms with Gasteiger partial charge in [-0.25, -0.2) is 19.2 Å². The zero-order valence-corrected chi connectivity index (χ0v) is 13.0. The van der Waals surface area contributed by atoms with Crippen LogP contribution in [0.4, 0.5) is 0 Å². The smallest absolute Gasteiger partial charge is 0.313 e. The topological polar surface area (TPSA) is 87.2 Å². The Hall–Kier alpha value is -3.29. The monoisotopic (exact) mass is 322 g/mol. The minimum absolute atomic E-state index is 0.0316. The Labute approximate surface area is 136 Å². The van der Waals surface area contributed by atoms with Crippen LogP contribution >= 0.6 is 0 Å². The molecular weight excluding hydrogens is 308 g/mol. The summed E-state index contributed by atoms with van der Waals surface area (Å²) in [5.74, 6) is 0.0489. The first-order valence-corrected chi connectivity index (χ1v) is 7.55. The number of nitrogens with zero attached hydrogens (tertiary/aromatic N) is 6. The number of aromatic nitrogens is 6. The van der Waals surface area contributed by atoms with Crippen LogP contribution in [0, 0.1) is 0 Å². The van der Waals surface area contributed by atoms with E-state index in [1.54, 1.807) is 28.6 Å². The first kappa shape index (κ1) is 14.3. The van der Waals surface area contributed by atoms with Crippen molar-refractivity contribution in [2.45, 2.75) is 13.3 Å². The van der Waals surface area contributed by atoms with Crippen LogP contribution < -0.4 is 0 Å². The van der Waals surface area contributed by atoms with Crippen LogP contribution in [0.15, 0.2) is 42.9 Å². The van der Waals surface area contributed by atoms with Crippen molar-refractivity contribution in [3.63, 3.8) is 0 Å². The van der Waals surface area contributed by atoms with Gasteiger partial charge in [-0.05, 0) is 19.1 Å². The number of esters is 1. The maximum atomic E-state index is 11.6.